The lowest BCUT2D eigenvalue weighted by atomic mass is 9.85. The minimum atomic E-state index is 0.0383. The molecular formula is C15H25N5O2. The summed E-state index contributed by atoms with van der Waals surface area (Å²) >= 11 is 0. The number of nitrogens with one attached hydrogen (secondary N) is 1. The van der Waals surface area contributed by atoms with Gasteiger partial charge in [-0.15, -0.1) is 0 Å². The third-order valence-corrected chi connectivity index (χ3v) is 4.74. The van der Waals surface area contributed by atoms with E-state index in [1.54, 1.807) is 11.0 Å². The van der Waals surface area contributed by atoms with Gasteiger partial charge in [-0.3, -0.25) is 4.68 Å². The molecule has 2 aliphatic rings. The number of hydrogen-bond acceptors (Lipinski definition) is 4. The maximum absolute atomic E-state index is 12.4. The molecule has 0 bridgehead atoms. The van der Waals surface area contributed by atoms with Gasteiger partial charge in [-0.05, 0) is 38.0 Å². The summed E-state index contributed by atoms with van der Waals surface area (Å²) in [7, 11) is 0. The van der Waals surface area contributed by atoms with Gasteiger partial charge in [0, 0.05) is 32.3 Å². The molecule has 7 nitrogen and oxygen atoms in total. The van der Waals surface area contributed by atoms with Gasteiger partial charge in [0.2, 0.25) is 0 Å². The Labute approximate surface area is 131 Å². The molecule has 2 amide bonds. The van der Waals surface area contributed by atoms with Crippen molar-refractivity contribution < 1.29 is 9.53 Å². The number of rotatable bonds is 4. The number of nitrogens with zero attached hydrogens (tertiary/aromatic N) is 4. The van der Waals surface area contributed by atoms with Crippen LogP contribution in [0.3, 0.4) is 0 Å². The number of carbonyl (C=O) groups excluding carboxylic acids is 1. The van der Waals surface area contributed by atoms with Crippen LogP contribution in [0.4, 0.5) is 4.79 Å². The smallest absolute Gasteiger partial charge is 0.317 e. The van der Waals surface area contributed by atoms with Crippen LogP contribution >= 0.6 is 0 Å². The molecule has 2 atom stereocenters. The van der Waals surface area contributed by atoms with Gasteiger partial charge in [0.1, 0.15) is 12.7 Å². The molecular weight excluding hydrogens is 282 g/mol. The van der Waals surface area contributed by atoms with Crippen LogP contribution in [0, 0.1) is 11.8 Å². The number of likely N-dealkylation sites (tertiary alicyclic amines) is 1. The van der Waals surface area contributed by atoms with Gasteiger partial charge < -0.3 is 15.0 Å². The zero-order valence-corrected chi connectivity index (χ0v) is 13.1. The molecule has 0 radical (unpaired) electrons. The summed E-state index contributed by atoms with van der Waals surface area (Å²) in [6.07, 6.45) is 6.58. The molecule has 3 rings (SSSR count). The lowest BCUT2D eigenvalue weighted by Gasteiger charge is -2.27. The predicted octanol–water partition coefficient (Wildman–Crippen LogP) is 1.12. The fourth-order valence-electron chi connectivity index (χ4n) is 3.50. The largest absolute Gasteiger partial charge is 0.381 e. The second-order valence-electron chi connectivity index (χ2n) is 6.41. The van der Waals surface area contributed by atoms with E-state index in [1.165, 1.54) is 6.33 Å². The molecule has 1 N–H and O–H groups in total. The van der Waals surface area contributed by atoms with E-state index >= 15 is 0 Å². The summed E-state index contributed by atoms with van der Waals surface area (Å²) < 4.78 is 7.17. The molecule has 0 aliphatic carbocycles. The monoisotopic (exact) mass is 307 g/mol. The molecule has 122 valence electrons. The fourth-order valence-corrected chi connectivity index (χ4v) is 3.50. The normalized spacial score (nSPS) is 24.4. The standard InChI is InChI=1S/C15H25N5O2/c1-12(8-20-11-16-10-17-20)18-15(21)19-5-2-14(9-19)13-3-6-22-7-4-13/h10-14H,2-9H2,1H3,(H,18,21). The van der Waals surface area contributed by atoms with Gasteiger partial charge in [0.25, 0.3) is 0 Å². The minimum Gasteiger partial charge on any atom is -0.381 e. The zero-order valence-electron chi connectivity index (χ0n) is 13.1. The highest BCUT2D eigenvalue weighted by Crippen LogP contribution is 2.31. The number of urea groups is 1. The number of ether oxygens (including phenoxy) is 1. The molecule has 2 aliphatic heterocycles. The quantitative estimate of drug-likeness (QED) is 0.905. The first-order chi connectivity index (χ1) is 10.7. The molecule has 0 spiro atoms. The van der Waals surface area contributed by atoms with Gasteiger partial charge in [0.15, 0.2) is 0 Å². The first-order valence-corrected chi connectivity index (χ1v) is 8.18. The number of aromatic nitrogens is 3. The van der Waals surface area contributed by atoms with Crippen molar-refractivity contribution in [1.29, 1.82) is 0 Å². The van der Waals surface area contributed by atoms with Crippen LogP contribution in [0.25, 0.3) is 0 Å². The van der Waals surface area contributed by atoms with Gasteiger partial charge in [-0.1, -0.05) is 0 Å². The van der Waals surface area contributed by atoms with Crippen molar-refractivity contribution in [2.75, 3.05) is 26.3 Å². The van der Waals surface area contributed by atoms with E-state index in [2.05, 4.69) is 15.4 Å². The first kappa shape index (κ1) is 15.3. The van der Waals surface area contributed by atoms with E-state index in [0.29, 0.717) is 12.5 Å². The molecule has 1 aromatic rings. The summed E-state index contributed by atoms with van der Waals surface area (Å²) in [6.45, 7) is 6.13. The van der Waals surface area contributed by atoms with E-state index in [9.17, 15) is 4.79 Å². The van der Waals surface area contributed by atoms with Crippen molar-refractivity contribution in [3.05, 3.63) is 12.7 Å². The van der Waals surface area contributed by atoms with Gasteiger partial charge in [0.05, 0.1) is 6.54 Å². The molecule has 2 fully saturated rings. The summed E-state index contributed by atoms with van der Waals surface area (Å²) in [5.74, 6) is 1.36. The Bertz CT molecular complexity index is 472. The molecule has 22 heavy (non-hydrogen) atoms. The molecule has 3 heterocycles. The SMILES string of the molecule is CC(Cn1cncn1)NC(=O)N1CCC(C2CCOCC2)C1. The Morgan fingerprint density at radius 3 is 2.91 bits per heavy atom. The van der Waals surface area contributed by atoms with E-state index in [4.69, 9.17) is 4.74 Å². The first-order valence-electron chi connectivity index (χ1n) is 8.18. The van der Waals surface area contributed by atoms with Crippen molar-refractivity contribution in [2.45, 2.75) is 38.8 Å². The van der Waals surface area contributed by atoms with Gasteiger partial charge in [-0.25, -0.2) is 9.78 Å². The van der Waals surface area contributed by atoms with Crippen LogP contribution < -0.4 is 5.32 Å². The molecule has 2 saturated heterocycles. The molecule has 0 saturated carbocycles. The van der Waals surface area contributed by atoms with Crippen LogP contribution in [0.5, 0.6) is 0 Å². The van der Waals surface area contributed by atoms with E-state index in [-0.39, 0.29) is 12.1 Å². The lowest BCUT2D eigenvalue weighted by molar-refractivity contribution is 0.0484. The van der Waals surface area contributed by atoms with Crippen molar-refractivity contribution in [2.24, 2.45) is 11.8 Å². The summed E-state index contributed by atoms with van der Waals surface area (Å²) in [5, 5.41) is 7.12. The Morgan fingerprint density at radius 2 is 2.18 bits per heavy atom. The average molecular weight is 307 g/mol. The summed E-state index contributed by atoms with van der Waals surface area (Å²) in [5.41, 5.74) is 0. The highest BCUT2D eigenvalue weighted by molar-refractivity contribution is 5.74. The number of amides is 2. The van der Waals surface area contributed by atoms with E-state index in [1.807, 2.05) is 11.8 Å². The van der Waals surface area contributed by atoms with Crippen LogP contribution in [-0.4, -0.2) is 58.0 Å². The van der Waals surface area contributed by atoms with Crippen molar-refractivity contribution in [3.8, 4) is 0 Å². The second kappa shape index (κ2) is 7.09. The van der Waals surface area contributed by atoms with Crippen LogP contribution in [0.1, 0.15) is 26.2 Å². The maximum Gasteiger partial charge on any atom is 0.317 e. The van der Waals surface area contributed by atoms with Crippen LogP contribution in [-0.2, 0) is 11.3 Å². The zero-order chi connectivity index (χ0) is 15.4. The van der Waals surface area contributed by atoms with Crippen molar-refractivity contribution in [3.63, 3.8) is 0 Å². The Morgan fingerprint density at radius 1 is 1.36 bits per heavy atom. The Balaban J connectivity index is 1.44. The third kappa shape index (κ3) is 3.76. The van der Waals surface area contributed by atoms with Crippen molar-refractivity contribution >= 4 is 6.03 Å². The molecule has 7 heteroatoms. The summed E-state index contributed by atoms with van der Waals surface area (Å²) in [6, 6.07) is 0.0819. The topological polar surface area (TPSA) is 72.3 Å². The number of carbonyl (C=O) groups is 1. The van der Waals surface area contributed by atoms with Gasteiger partial charge >= 0.3 is 6.03 Å². The second-order valence-corrected chi connectivity index (χ2v) is 6.41. The van der Waals surface area contributed by atoms with E-state index in [0.717, 1.165) is 51.5 Å². The van der Waals surface area contributed by atoms with Crippen molar-refractivity contribution in [1.82, 2.24) is 25.0 Å². The Kier molecular flexibility index (Phi) is 4.92. The lowest BCUT2D eigenvalue weighted by Crippen LogP contribution is -2.44. The maximum atomic E-state index is 12.4. The predicted molar refractivity (Wildman–Crippen MR) is 81.2 cm³/mol. The number of hydrogen-bond donors (Lipinski definition) is 1. The highest BCUT2D eigenvalue weighted by atomic mass is 16.5. The van der Waals surface area contributed by atoms with E-state index < -0.39 is 0 Å². The minimum absolute atomic E-state index is 0.0383. The van der Waals surface area contributed by atoms with Crippen LogP contribution in [0.15, 0.2) is 12.7 Å². The summed E-state index contributed by atoms with van der Waals surface area (Å²) in [4.78, 5) is 18.2. The Hall–Kier alpha value is -1.63. The molecule has 2 unspecified atom stereocenters. The van der Waals surface area contributed by atoms with Gasteiger partial charge in [-0.2, -0.15) is 5.10 Å². The fraction of sp³-hybridized carbons (Fsp3) is 0.800. The van der Waals surface area contributed by atoms with Crippen LogP contribution in [0.2, 0.25) is 0 Å². The highest BCUT2D eigenvalue weighted by Gasteiger charge is 2.32. The third-order valence-electron chi connectivity index (χ3n) is 4.74. The average Bonchev–Trinajstić information content (AvgIpc) is 3.19. The molecule has 1 aromatic heterocycles. The molecule has 0 aromatic carbocycles.